The van der Waals surface area contributed by atoms with Crippen LogP contribution in [0.1, 0.15) is 46.3 Å². The lowest BCUT2D eigenvalue weighted by molar-refractivity contribution is 0.321. The quantitative estimate of drug-likeness (QED) is 0.712. The van der Waals surface area contributed by atoms with Crippen LogP contribution in [0.3, 0.4) is 0 Å². The van der Waals surface area contributed by atoms with E-state index >= 15 is 0 Å². The van der Waals surface area contributed by atoms with Crippen LogP contribution in [-0.2, 0) is 16.6 Å². The maximum absolute atomic E-state index is 12.5. The van der Waals surface area contributed by atoms with E-state index < -0.39 is 10.0 Å². The molecule has 0 spiro atoms. The SMILES string of the molecule is CCCNCc1ccc(S(=O)(=O)N(C)C(C)CC(C)C)o1. The van der Waals surface area contributed by atoms with Gasteiger partial charge in [0.2, 0.25) is 5.09 Å². The number of nitrogens with one attached hydrogen (secondary N) is 1. The van der Waals surface area contributed by atoms with Crippen LogP contribution in [0.15, 0.2) is 21.6 Å². The normalized spacial score (nSPS) is 14.0. The summed E-state index contributed by atoms with van der Waals surface area (Å²) in [7, 11) is -1.94. The average Bonchev–Trinajstić information content (AvgIpc) is 2.86. The van der Waals surface area contributed by atoms with Gasteiger partial charge in [-0.1, -0.05) is 20.8 Å². The van der Waals surface area contributed by atoms with E-state index in [0.29, 0.717) is 18.2 Å². The predicted octanol–water partition coefficient (Wildman–Crippen LogP) is 2.83. The van der Waals surface area contributed by atoms with Gasteiger partial charge in [-0.15, -0.1) is 0 Å². The van der Waals surface area contributed by atoms with Crippen molar-refractivity contribution in [2.75, 3.05) is 13.6 Å². The Hall–Kier alpha value is -0.850. The van der Waals surface area contributed by atoms with Gasteiger partial charge in [0.1, 0.15) is 5.76 Å². The van der Waals surface area contributed by atoms with Gasteiger partial charge >= 0.3 is 0 Å². The van der Waals surface area contributed by atoms with Gasteiger partial charge in [0, 0.05) is 13.1 Å². The van der Waals surface area contributed by atoms with Gasteiger partial charge in [0.15, 0.2) is 0 Å². The zero-order chi connectivity index (χ0) is 16.0. The van der Waals surface area contributed by atoms with Crippen LogP contribution in [0.2, 0.25) is 0 Å². The maximum atomic E-state index is 12.5. The summed E-state index contributed by atoms with van der Waals surface area (Å²) in [6, 6.07) is 3.20. The van der Waals surface area contributed by atoms with E-state index in [0.717, 1.165) is 19.4 Å². The molecule has 0 aromatic carbocycles. The summed E-state index contributed by atoms with van der Waals surface area (Å²) in [6.07, 6.45) is 1.85. The average molecular weight is 316 g/mol. The highest BCUT2D eigenvalue weighted by molar-refractivity contribution is 7.89. The molecule has 1 aromatic rings. The molecule has 0 aliphatic rings. The number of hydrogen-bond acceptors (Lipinski definition) is 4. The number of sulfonamides is 1. The molecule has 0 saturated carbocycles. The highest BCUT2D eigenvalue weighted by atomic mass is 32.2. The molecular weight excluding hydrogens is 288 g/mol. The Morgan fingerprint density at radius 2 is 1.95 bits per heavy atom. The summed E-state index contributed by atoms with van der Waals surface area (Å²) >= 11 is 0. The predicted molar refractivity (Wildman–Crippen MR) is 84.6 cm³/mol. The van der Waals surface area contributed by atoms with Crippen molar-refractivity contribution in [3.8, 4) is 0 Å². The smallest absolute Gasteiger partial charge is 0.276 e. The van der Waals surface area contributed by atoms with E-state index in [-0.39, 0.29) is 11.1 Å². The Kier molecular flexibility index (Phi) is 6.90. The maximum Gasteiger partial charge on any atom is 0.276 e. The number of hydrogen-bond donors (Lipinski definition) is 1. The molecule has 1 aromatic heterocycles. The topological polar surface area (TPSA) is 62.6 Å². The minimum Gasteiger partial charge on any atom is -0.447 e. The first-order chi connectivity index (χ1) is 9.78. The molecule has 0 amide bonds. The zero-order valence-electron chi connectivity index (χ0n) is 13.7. The second-order valence-corrected chi connectivity index (χ2v) is 7.83. The monoisotopic (exact) mass is 316 g/mol. The Bertz CT molecular complexity index is 523. The van der Waals surface area contributed by atoms with E-state index in [4.69, 9.17) is 4.42 Å². The van der Waals surface area contributed by atoms with Crippen molar-refractivity contribution >= 4 is 10.0 Å². The summed E-state index contributed by atoms with van der Waals surface area (Å²) < 4.78 is 31.9. The first-order valence-electron chi connectivity index (χ1n) is 7.56. The van der Waals surface area contributed by atoms with Gasteiger partial charge < -0.3 is 9.73 Å². The molecule has 122 valence electrons. The highest BCUT2D eigenvalue weighted by Gasteiger charge is 2.28. The van der Waals surface area contributed by atoms with Crippen LogP contribution in [0.25, 0.3) is 0 Å². The Balaban J connectivity index is 2.78. The van der Waals surface area contributed by atoms with Crippen LogP contribution in [-0.4, -0.2) is 32.4 Å². The molecule has 0 saturated heterocycles. The number of rotatable bonds is 9. The summed E-state index contributed by atoms with van der Waals surface area (Å²) in [4.78, 5) is 0. The van der Waals surface area contributed by atoms with Crippen LogP contribution in [0.4, 0.5) is 0 Å². The summed E-state index contributed by atoms with van der Waals surface area (Å²) in [5.74, 6) is 1.09. The summed E-state index contributed by atoms with van der Waals surface area (Å²) in [6.45, 7) is 9.60. The molecular formula is C15H28N2O3S. The molecule has 0 radical (unpaired) electrons. The van der Waals surface area contributed by atoms with Crippen molar-refractivity contribution in [2.45, 2.75) is 58.2 Å². The third-order valence-corrected chi connectivity index (χ3v) is 5.28. The van der Waals surface area contributed by atoms with Crippen molar-refractivity contribution in [3.05, 3.63) is 17.9 Å². The van der Waals surface area contributed by atoms with E-state index in [2.05, 4.69) is 26.1 Å². The molecule has 1 rings (SSSR count). The minimum atomic E-state index is -3.55. The minimum absolute atomic E-state index is 0.0221. The van der Waals surface area contributed by atoms with Crippen LogP contribution < -0.4 is 5.32 Å². The van der Waals surface area contributed by atoms with Gasteiger partial charge in [-0.05, 0) is 44.4 Å². The molecule has 0 aliphatic heterocycles. The van der Waals surface area contributed by atoms with Crippen molar-refractivity contribution in [3.63, 3.8) is 0 Å². The Morgan fingerprint density at radius 1 is 1.29 bits per heavy atom. The third kappa shape index (κ3) is 5.13. The lowest BCUT2D eigenvalue weighted by atomic mass is 10.1. The van der Waals surface area contributed by atoms with Crippen molar-refractivity contribution in [1.82, 2.24) is 9.62 Å². The molecule has 1 atom stereocenters. The molecule has 0 aliphatic carbocycles. The summed E-state index contributed by atoms with van der Waals surface area (Å²) in [5.41, 5.74) is 0. The lowest BCUT2D eigenvalue weighted by Gasteiger charge is -2.24. The van der Waals surface area contributed by atoms with Crippen molar-refractivity contribution < 1.29 is 12.8 Å². The van der Waals surface area contributed by atoms with E-state index in [1.807, 2.05) is 6.92 Å². The first-order valence-corrected chi connectivity index (χ1v) is 9.00. The van der Waals surface area contributed by atoms with Gasteiger partial charge in [-0.25, -0.2) is 8.42 Å². The molecule has 1 N–H and O–H groups in total. The fourth-order valence-corrected chi connectivity index (χ4v) is 3.49. The van der Waals surface area contributed by atoms with Crippen LogP contribution in [0.5, 0.6) is 0 Å². The zero-order valence-corrected chi connectivity index (χ0v) is 14.5. The Labute approximate surface area is 128 Å². The largest absolute Gasteiger partial charge is 0.447 e. The number of furan rings is 1. The van der Waals surface area contributed by atoms with Gasteiger partial charge in [-0.2, -0.15) is 4.31 Å². The van der Waals surface area contributed by atoms with Gasteiger partial charge in [0.25, 0.3) is 10.0 Å². The third-order valence-electron chi connectivity index (χ3n) is 3.43. The lowest BCUT2D eigenvalue weighted by Crippen LogP contribution is -2.35. The van der Waals surface area contributed by atoms with Crippen molar-refractivity contribution in [1.29, 1.82) is 0 Å². The fourth-order valence-electron chi connectivity index (χ4n) is 2.19. The second kappa shape index (κ2) is 7.96. The second-order valence-electron chi connectivity index (χ2n) is 5.90. The van der Waals surface area contributed by atoms with Gasteiger partial charge in [0.05, 0.1) is 6.54 Å². The van der Waals surface area contributed by atoms with E-state index in [1.54, 1.807) is 13.1 Å². The standard InChI is InChI=1S/C15H28N2O3S/c1-6-9-16-11-14-7-8-15(20-14)21(18,19)17(5)13(4)10-12(2)3/h7-8,12-13,16H,6,9-11H2,1-5H3. The molecule has 5 nitrogen and oxygen atoms in total. The molecule has 21 heavy (non-hydrogen) atoms. The van der Waals surface area contributed by atoms with E-state index in [1.165, 1.54) is 10.4 Å². The fraction of sp³-hybridized carbons (Fsp3) is 0.733. The molecule has 1 unspecified atom stereocenters. The Morgan fingerprint density at radius 3 is 2.52 bits per heavy atom. The molecule has 0 bridgehead atoms. The molecule has 0 fully saturated rings. The van der Waals surface area contributed by atoms with Crippen LogP contribution in [0, 0.1) is 5.92 Å². The highest BCUT2D eigenvalue weighted by Crippen LogP contribution is 2.21. The first kappa shape index (κ1) is 18.2. The summed E-state index contributed by atoms with van der Waals surface area (Å²) in [5, 5.41) is 3.21. The number of nitrogens with zero attached hydrogens (tertiary/aromatic N) is 1. The van der Waals surface area contributed by atoms with E-state index in [9.17, 15) is 8.42 Å². The molecule has 1 heterocycles. The van der Waals surface area contributed by atoms with Crippen molar-refractivity contribution in [2.24, 2.45) is 5.92 Å². The molecule has 6 heteroatoms. The van der Waals surface area contributed by atoms with Gasteiger partial charge in [-0.3, -0.25) is 0 Å². The van der Waals surface area contributed by atoms with Crippen LogP contribution >= 0.6 is 0 Å².